The number of likely N-dealkylation sites (tertiary alicyclic amines) is 1. The van der Waals surface area contributed by atoms with Crippen molar-refractivity contribution in [1.82, 2.24) is 14.3 Å². The molecule has 2 atom stereocenters. The first-order valence-electron chi connectivity index (χ1n) is 9.72. The lowest BCUT2D eigenvalue weighted by molar-refractivity contribution is -0.931. The van der Waals surface area contributed by atoms with Crippen LogP contribution in [0.1, 0.15) is 12.8 Å². The van der Waals surface area contributed by atoms with Crippen LogP contribution in [-0.2, 0) is 6.67 Å². The quantitative estimate of drug-likeness (QED) is 0.628. The Morgan fingerprint density at radius 2 is 1.97 bits per heavy atom. The van der Waals surface area contributed by atoms with Crippen LogP contribution in [0.15, 0.2) is 48.5 Å². The Morgan fingerprint density at radius 1 is 1.17 bits per heavy atom. The van der Waals surface area contributed by atoms with Crippen LogP contribution >= 0.6 is 12.2 Å². The minimum absolute atomic E-state index is 0.170. The van der Waals surface area contributed by atoms with Gasteiger partial charge in [0.2, 0.25) is 4.77 Å². The Morgan fingerprint density at radius 3 is 2.69 bits per heavy atom. The van der Waals surface area contributed by atoms with Gasteiger partial charge in [-0.05, 0) is 37.2 Å². The number of piperidine rings is 1. The lowest BCUT2D eigenvalue weighted by atomic mass is 10.00. The first-order chi connectivity index (χ1) is 14.1. The molecule has 0 bridgehead atoms. The molecule has 152 valence electrons. The highest BCUT2D eigenvalue weighted by atomic mass is 32.1. The highest BCUT2D eigenvalue weighted by Crippen LogP contribution is 2.24. The molecule has 1 aliphatic heterocycles. The Bertz CT molecular complexity index is 1050. The summed E-state index contributed by atoms with van der Waals surface area (Å²) in [5, 5.41) is 14.2. The van der Waals surface area contributed by atoms with E-state index in [4.69, 9.17) is 17.3 Å². The van der Waals surface area contributed by atoms with Crippen molar-refractivity contribution < 1.29 is 18.8 Å². The van der Waals surface area contributed by atoms with Gasteiger partial charge in [0.1, 0.15) is 11.6 Å². The molecule has 2 aromatic carbocycles. The Balaban J connectivity index is 1.78. The van der Waals surface area contributed by atoms with Crippen molar-refractivity contribution in [2.75, 3.05) is 19.7 Å². The fourth-order valence-corrected chi connectivity index (χ4v) is 4.22. The minimum Gasteiger partial charge on any atom is -0.396 e. The van der Waals surface area contributed by atoms with E-state index in [9.17, 15) is 13.9 Å². The number of nitrogens with zero attached hydrogens (tertiary/aromatic N) is 3. The molecule has 2 heterocycles. The number of aliphatic hydroxyl groups is 1. The van der Waals surface area contributed by atoms with E-state index in [1.54, 1.807) is 9.25 Å². The smallest absolute Gasteiger partial charge is 0.207 e. The van der Waals surface area contributed by atoms with Gasteiger partial charge in [0.05, 0.1) is 25.4 Å². The zero-order valence-electron chi connectivity index (χ0n) is 15.9. The molecule has 0 spiro atoms. The molecule has 0 saturated carbocycles. The van der Waals surface area contributed by atoms with Crippen LogP contribution in [0.4, 0.5) is 8.78 Å². The van der Waals surface area contributed by atoms with Gasteiger partial charge < -0.3 is 10.0 Å². The van der Waals surface area contributed by atoms with Gasteiger partial charge in [0.25, 0.3) is 0 Å². The van der Waals surface area contributed by atoms with Crippen molar-refractivity contribution in [2.24, 2.45) is 5.92 Å². The third-order valence-corrected chi connectivity index (χ3v) is 5.77. The maximum absolute atomic E-state index is 14.6. The number of quaternary nitrogens is 1. The topological polar surface area (TPSA) is 47.4 Å². The van der Waals surface area contributed by atoms with Gasteiger partial charge in [-0.1, -0.05) is 30.3 Å². The van der Waals surface area contributed by atoms with Crippen molar-refractivity contribution in [3.05, 3.63) is 64.9 Å². The van der Waals surface area contributed by atoms with Crippen LogP contribution < -0.4 is 4.90 Å². The summed E-state index contributed by atoms with van der Waals surface area (Å²) in [6.45, 7) is 2.53. The number of aliphatic hydroxyl groups excluding tert-OH is 1. The molecule has 3 aromatic rings. The highest BCUT2D eigenvalue weighted by molar-refractivity contribution is 7.71. The van der Waals surface area contributed by atoms with Gasteiger partial charge in [-0.25, -0.2) is 8.78 Å². The van der Waals surface area contributed by atoms with Crippen molar-refractivity contribution in [3.8, 4) is 17.1 Å². The number of benzene rings is 2. The molecule has 0 amide bonds. The fraction of sp³-hybridized carbons (Fsp3) is 0.333. The van der Waals surface area contributed by atoms with Gasteiger partial charge in [-0.15, -0.1) is 5.10 Å². The van der Waals surface area contributed by atoms with E-state index < -0.39 is 11.6 Å². The average Bonchev–Trinajstić information content (AvgIpc) is 3.05. The summed E-state index contributed by atoms with van der Waals surface area (Å²) >= 11 is 5.65. The normalized spacial score (nSPS) is 19.4. The van der Waals surface area contributed by atoms with Gasteiger partial charge >= 0.3 is 0 Å². The Hall–Kier alpha value is -2.42. The molecule has 0 aliphatic carbocycles. The van der Waals surface area contributed by atoms with Crippen LogP contribution in [0, 0.1) is 22.3 Å². The van der Waals surface area contributed by atoms with Crippen LogP contribution in [0.3, 0.4) is 0 Å². The van der Waals surface area contributed by atoms with E-state index in [-0.39, 0.29) is 18.2 Å². The molecule has 2 N–H and O–H groups in total. The molecule has 1 fully saturated rings. The zero-order chi connectivity index (χ0) is 20.4. The number of hydrogen-bond acceptors (Lipinski definition) is 3. The molecule has 1 aromatic heterocycles. The molecule has 29 heavy (non-hydrogen) atoms. The Labute approximate surface area is 172 Å². The average molecular weight is 418 g/mol. The number of hydrogen-bond donors (Lipinski definition) is 2. The van der Waals surface area contributed by atoms with Gasteiger partial charge in [0.15, 0.2) is 12.5 Å². The second-order valence-corrected chi connectivity index (χ2v) is 7.82. The monoisotopic (exact) mass is 417 g/mol. The van der Waals surface area contributed by atoms with E-state index in [1.165, 1.54) is 17.0 Å². The van der Waals surface area contributed by atoms with Gasteiger partial charge in [-0.3, -0.25) is 4.57 Å². The molecular formula is C21H23F2N4OS+. The predicted molar refractivity (Wildman–Crippen MR) is 108 cm³/mol. The number of aromatic nitrogens is 3. The van der Waals surface area contributed by atoms with Crippen LogP contribution in [0.25, 0.3) is 17.1 Å². The van der Waals surface area contributed by atoms with E-state index in [1.807, 2.05) is 30.3 Å². The second kappa shape index (κ2) is 8.52. The summed E-state index contributed by atoms with van der Waals surface area (Å²) in [5.74, 6) is -0.544. The largest absolute Gasteiger partial charge is 0.396 e. The second-order valence-electron chi connectivity index (χ2n) is 7.46. The summed E-state index contributed by atoms with van der Waals surface area (Å²) in [6.07, 6.45) is 2.06. The number of rotatable bonds is 5. The number of halogens is 2. The van der Waals surface area contributed by atoms with Gasteiger partial charge in [0, 0.05) is 17.5 Å². The lowest BCUT2D eigenvalue weighted by Crippen LogP contribution is -3.13. The van der Waals surface area contributed by atoms with E-state index >= 15 is 0 Å². The van der Waals surface area contributed by atoms with Gasteiger partial charge in [-0.2, -0.15) is 4.68 Å². The minimum atomic E-state index is -0.691. The van der Waals surface area contributed by atoms with Crippen molar-refractivity contribution >= 4 is 12.2 Å². The maximum Gasteiger partial charge on any atom is 0.207 e. The molecule has 8 heteroatoms. The molecule has 1 aliphatic rings. The summed E-state index contributed by atoms with van der Waals surface area (Å²) in [5.41, 5.74) is 0.964. The first-order valence-corrected chi connectivity index (χ1v) is 10.1. The van der Waals surface area contributed by atoms with Crippen LogP contribution in [-0.4, -0.2) is 39.2 Å². The molecular weight excluding hydrogens is 394 g/mol. The Kier molecular flexibility index (Phi) is 5.84. The van der Waals surface area contributed by atoms with E-state index in [2.05, 4.69) is 0 Å². The van der Waals surface area contributed by atoms with E-state index in [0.29, 0.717) is 17.3 Å². The van der Waals surface area contributed by atoms with Crippen LogP contribution in [0.5, 0.6) is 0 Å². The van der Waals surface area contributed by atoms with Crippen molar-refractivity contribution in [3.63, 3.8) is 0 Å². The SMILES string of the molecule is OC[C@H]1CCC[NH+](Cn2nc(-c3ccccc3)n(-c3ccc(F)cc3F)c2=S)C1. The zero-order valence-corrected chi connectivity index (χ0v) is 16.7. The number of nitrogens with one attached hydrogen (secondary N) is 1. The summed E-state index contributed by atoms with van der Waals surface area (Å²) in [4.78, 5) is 1.27. The standard InChI is InChI=1S/C21H22F2N4OS/c22-17-8-9-19(18(23)11-17)27-20(16-6-2-1-3-7-16)24-26(21(27)29)14-25-10-4-5-15(12-25)13-28/h1-3,6-9,11,15,28H,4-5,10,12-14H2/p+1/t15-/m0/s1. The third-order valence-electron chi connectivity index (χ3n) is 5.37. The summed E-state index contributed by atoms with van der Waals surface area (Å²) < 4.78 is 31.7. The molecule has 0 radical (unpaired) electrons. The first kappa shape index (κ1) is 19.9. The molecule has 5 nitrogen and oxygen atoms in total. The van der Waals surface area contributed by atoms with Crippen LogP contribution in [0.2, 0.25) is 0 Å². The van der Waals surface area contributed by atoms with Crippen molar-refractivity contribution in [2.45, 2.75) is 19.5 Å². The third kappa shape index (κ3) is 4.14. The molecule has 1 saturated heterocycles. The molecule has 1 unspecified atom stereocenters. The maximum atomic E-state index is 14.6. The van der Waals surface area contributed by atoms with Crippen molar-refractivity contribution in [1.29, 1.82) is 0 Å². The highest BCUT2D eigenvalue weighted by Gasteiger charge is 2.25. The fourth-order valence-electron chi connectivity index (χ4n) is 3.93. The lowest BCUT2D eigenvalue weighted by Gasteiger charge is -2.28. The molecule has 4 rings (SSSR count). The van der Waals surface area contributed by atoms with E-state index in [0.717, 1.165) is 37.6 Å². The predicted octanol–water partition coefficient (Wildman–Crippen LogP) is 2.59. The summed E-state index contributed by atoms with van der Waals surface area (Å²) in [6, 6.07) is 12.9. The summed E-state index contributed by atoms with van der Waals surface area (Å²) in [7, 11) is 0.